The Balaban J connectivity index is 0.00000184. The number of rotatable bonds is 5. The van der Waals surface area contributed by atoms with Gasteiger partial charge in [-0.25, -0.2) is 0 Å². The maximum Gasteiger partial charge on any atom is -0.147 e. The summed E-state index contributed by atoms with van der Waals surface area (Å²) in [5.41, 5.74) is 14.4. The van der Waals surface area contributed by atoms with Gasteiger partial charge in [-0.1, -0.05) is 0 Å². The van der Waals surface area contributed by atoms with Gasteiger partial charge in [-0.3, -0.25) is 0 Å². The summed E-state index contributed by atoms with van der Waals surface area (Å²) in [5, 5.41) is 0. The molecule has 0 bridgehead atoms. The molecular formula is C39H38Cl2GeHf. The normalized spacial score (nSPS) is 17.1. The molecule has 2 aliphatic carbocycles. The van der Waals surface area contributed by atoms with E-state index in [0.29, 0.717) is 7.35 Å². The fraction of sp³-hybridized carbons (Fsp3) is 0.128. The van der Waals surface area contributed by atoms with Crippen molar-refractivity contribution in [2.75, 3.05) is 0 Å². The molecule has 0 N–H and O–H groups in total. The largest absolute Gasteiger partial charge is 0.147 e. The summed E-state index contributed by atoms with van der Waals surface area (Å²) in [6, 6.07) is 47.8. The van der Waals surface area contributed by atoms with Crippen molar-refractivity contribution in [3.8, 4) is 22.3 Å². The third kappa shape index (κ3) is 5.01. The van der Waals surface area contributed by atoms with Crippen molar-refractivity contribution < 1.29 is 15.4 Å². The summed E-state index contributed by atoms with van der Waals surface area (Å²) in [5.74, 6) is 0. The van der Waals surface area contributed by atoms with Crippen LogP contribution in [0, 0.1) is 0 Å². The molecular weight excluding hydrogens is 790 g/mol. The molecule has 2 unspecified atom stereocenters. The van der Waals surface area contributed by atoms with Crippen LogP contribution >= 0.6 is 24.8 Å². The molecule has 0 nitrogen and oxygen atoms in total. The van der Waals surface area contributed by atoms with Crippen LogP contribution in [0.2, 0.25) is 4.68 Å². The monoisotopic (exact) mass is 830 g/mol. The van der Waals surface area contributed by atoms with E-state index in [0.717, 1.165) is 0 Å². The van der Waals surface area contributed by atoms with Crippen molar-refractivity contribution in [3.63, 3.8) is 0 Å². The van der Waals surface area contributed by atoms with Crippen molar-refractivity contribution in [3.05, 3.63) is 161 Å². The molecule has 43 heavy (non-hydrogen) atoms. The maximum atomic E-state index is 2.81. The molecule has 0 saturated carbocycles. The Bertz CT molecular complexity index is 1810. The Hall–Kier alpha value is -2.43. The first-order chi connectivity index (χ1) is 19.9. The van der Waals surface area contributed by atoms with Gasteiger partial charge in [0.15, 0.2) is 0 Å². The van der Waals surface area contributed by atoms with E-state index in [1.165, 1.54) is 45.6 Å². The van der Waals surface area contributed by atoms with Crippen LogP contribution in [-0.2, 0) is 15.4 Å². The Morgan fingerprint density at radius 3 is 1.26 bits per heavy atom. The number of hydrogen-bond donors (Lipinski definition) is 0. The van der Waals surface area contributed by atoms with E-state index in [1.807, 2.05) is 0 Å². The van der Waals surface area contributed by atoms with Crippen LogP contribution in [-0.4, -0.2) is 12.2 Å². The van der Waals surface area contributed by atoms with E-state index in [2.05, 4.69) is 158 Å². The van der Waals surface area contributed by atoms with Crippen LogP contribution in [0.1, 0.15) is 43.5 Å². The maximum absolute atomic E-state index is 4.10. The van der Waals surface area contributed by atoms with Crippen LogP contribution in [0.3, 0.4) is 0 Å². The second-order valence-electron chi connectivity index (χ2n) is 12.6. The van der Waals surface area contributed by atoms with Gasteiger partial charge in [0.1, 0.15) is 0 Å². The van der Waals surface area contributed by atoms with E-state index in [4.69, 9.17) is 0 Å². The summed E-state index contributed by atoms with van der Waals surface area (Å²) < 4.78 is 5.42. The molecule has 0 spiro atoms. The van der Waals surface area contributed by atoms with Gasteiger partial charge < -0.3 is 0 Å². The first-order valence-corrected chi connectivity index (χ1v) is 38.9. The molecule has 2 atom stereocenters. The Morgan fingerprint density at radius 2 is 0.860 bits per heavy atom. The molecule has 0 radical (unpaired) electrons. The number of allylic oxidation sites excluding steroid dienone is 2. The molecule has 7 rings (SSSR count). The molecule has 5 aromatic rings. The first kappa shape index (κ1) is 32.0. The standard InChI is InChI=1S/2C16H13.C6H5.CH3.2ClH.GeH2.Hf/c2*1-12-10-14-8-5-9-15(16(14)11-12)13-6-3-2-4-7-13;1-2-4-6-5-3-1;;;;;/h2*2-11H,1H3;1-5H;1H3;2*1H;1H2;. The Labute approximate surface area is 274 Å². The van der Waals surface area contributed by atoms with E-state index >= 15 is 0 Å². The average Bonchev–Trinajstić information content (AvgIpc) is 3.55. The van der Waals surface area contributed by atoms with Crippen LogP contribution < -0.4 is 3.32 Å². The molecule has 0 fully saturated rings. The fourth-order valence-corrected chi connectivity index (χ4v) is 56.5. The number of fused-ring (bicyclic) bond motifs is 2. The number of benzene rings is 5. The second-order valence-corrected chi connectivity index (χ2v) is 67.0. The van der Waals surface area contributed by atoms with Gasteiger partial charge in [-0.2, -0.15) is 0 Å². The predicted molar refractivity (Wildman–Crippen MR) is 192 cm³/mol. The van der Waals surface area contributed by atoms with Gasteiger partial charge in [0, 0.05) is 0 Å². The van der Waals surface area contributed by atoms with Gasteiger partial charge in [-0.15, -0.1) is 24.8 Å². The topological polar surface area (TPSA) is 0 Å². The van der Waals surface area contributed by atoms with E-state index in [1.54, 1.807) is 25.6 Å². The molecule has 5 aromatic carbocycles. The van der Waals surface area contributed by atoms with Crippen molar-refractivity contribution in [1.29, 1.82) is 0 Å². The van der Waals surface area contributed by atoms with Crippen molar-refractivity contribution >= 4 is 52.5 Å². The zero-order valence-corrected chi connectivity index (χ0v) is 33.2. The van der Waals surface area contributed by atoms with E-state index < -0.39 is 15.4 Å². The quantitative estimate of drug-likeness (QED) is 0.155. The molecule has 2 aliphatic rings. The van der Waals surface area contributed by atoms with E-state index in [-0.39, 0.29) is 24.8 Å². The smallest absolute Gasteiger partial charge is 0.147 e. The van der Waals surface area contributed by atoms with Gasteiger partial charge in [-0.05, 0) is 0 Å². The van der Waals surface area contributed by atoms with Gasteiger partial charge in [0.05, 0.1) is 0 Å². The molecule has 0 aliphatic heterocycles. The third-order valence-corrected chi connectivity index (χ3v) is 55.2. The second kappa shape index (κ2) is 12.2. The summed E-state index contributed by atoms with van der Waals surface area (Å²) in [7, 11) is 0. The van der Waals surface area contributed by atoms with Gasteiger partial charge in [0.2, 0.25) is 0 Å². The van der Waals surface area contributed by atoms with Crippen LogP contribution in [0.5, 0.6) is 0 Å². The van der Waals surface area contributed by atoms with E-state index in [9.17, 15) is 0 Å². The van der Waals surface area contributed by atoms with Crippen LogP contribution in [0.25, 0.3) is 34.4 Å². The number of halogens is 2. The fourth-order valence-electron chi connectivity index (χ4n) is 8.39. The SMILES string of the molecule is CC1=Cc2c(-c3ccccc3)cccc2[CH]1[Hf]([CH3])(=[GeH2])([c]1ccccc1)[CH]1C(C)=Cc2c(-c3ccccc3)cccc21.Cl.Cl. The Kier molecular flexibility index (Phi) is 9.05. The van der Waals surface area contributed by atoms with Crippen molar-refractivity contribution in [1.82, 2.24) is 0 Å². The summed E-state index contributed by atoms with van der Waals surface area (Å²) in [4.78, 5) is 0. The zero-order valence-electron chi connectivity index (χ0n) is 25.0. The molecule has 0 saturated heterocycles. The minimum absolute atomic E-state index is 0. The molecule has 216 valence electrons. The van der Waals surface area contributed by atoms with Crippen molar-refractivity contribution in [2.45, 2.75) is 25.9 Å². The van der Waals surface area contributed by atoms with Crippen LogP contribution in [0.15, 0.2) is 139 Å². The van der Waals surface area contributed by atoms with Crippen LogP contribution in [0.4, 0.5) is 0 Å². The molecule has 0 heterocycles. The van der Waals surface area contributed by atoms with Gasteiger partial charge in [0.25, 0.3) is 0 Å². The summed E-state index contributed by atoms with van der Waals surface area (Å²) >= 11 is -2.76. The molecule has 0 amide bonds. The minimum Gasteiger partial charge on any atom is -0.147 e. The number of hydrogen-bond acceptors (Lipinski definition) is 0. The third-order valence-electron chi connectivity index (χ3n) is 9.93. The minimum atomic E-state index is -4.10. The summed E-state index contributed by atoms with van der Waals surface area (Å²) in [6.45, 7) is 4.85. The Morgan fingerprint density at radius 1 is 0.488 bits per heavy atom. The molecule has 0 aromatic heterocycles. The molecule has 4 heteroatoms. The summed E-state index contributed by atoms with van der Waals surface area (Å²) in [6.07, 6.45) is 5.07. The predicted octanol–water partition coefficient (Wildman–Crippen LogP) is 10.1. The average molecular weight is 829 g/mol. The zero-order chi connectivity index (χ0) is 28.2. The van der Waals surface area contributed by atoms with Gasteiger partial charge >= 0.3 is 252 Å². The first-order valence-electron chi connectivity index (χ1n) is 14.7. The van der Waals surface area contributed by atoms with Crippen molar-refractivity contribution in [2.24, 2.45) is 0 Å².